The van der Waals surface area contributed by atoms with E-state index in [4.69, 9.17) is 9.47 Å². The predicted molar refractivity (Wildman–Crippen MR) is 122 cm³/mol. The van der Waals surface area contributed by atoms with E-state index in [1.165, 1.54) is 12.1 Å². The van der Waals surface area contributed by atoms with Gasteiger partial charge in [-0.3, -0.25) is 0 Å². The molecule has 1 atom stereocenters. The summed E-state index contributed by atoms with van der Waals surface area (Å²) in [4.78, 5) is 2.25. The Bertz CT molecular complexity index is 1080. The van der Waals surface area contributed by atoms with Crippen molar-refractivity contribution in [2.24, 2.45) is 0 Å². The fraction of sp³-hybridized carbons (Fsp3) is 0.296. The van der Waals surface area contributed by atoms with Crippen molar-refractivity contribution in [2.75, 3.05) is 26.7 Å². The molecule has 0 radical (unpaired) electrons. The highest BCUT2D eigenvalue weighted by atomic mass is 19.1. The zero-order valence-corrected chi connectivity index (χ0v) is 18.3. The van der Waals surface area contributed by atoms with Gasteiger partial charge in [0, 0.05) is 6.54 Å². The van der Waals surface area contributed by atoms with Crippen molar-refractivity contribution in [3.63, 3.8) is 0 Å². The van der Waals surface area contributed by atoms with E-state index in [-0.39, 0.29) is 5.82 Å². The minimum Gasteiger partial charge on any atom is -0.492 e. The van der Waals surface area contributed by atoms with E-state index in [9.17, 15) is 9.65 Å². The topological polar surface area (TPSA) is 45.5 Å². The summed E-state index contributed by atoms with van der Waals surface area (Å²) in [5, 5.41) is 9.24. The maximum Gasteiger partial charge on any atom is 0.123 e. The lowest BCUT2D eigenvalue weighted by Gasteiger charge is -2.31. The maximum absolute atomic E-state index is 13.6. The third-order valence-corrected chi connectivity index (χ3v) is 6.01. The lowest BCUT2D eigenvalue weighted by molar-refractivity contribution is -0.0143. The molecule has 3 aromatic rings. The van der Waals surface area contributed by atoms with Crippen LogP contribution in [0.4, 0.5) is 4.39 Å². The quantitative estimate of drug-likeness (QED) is 0.464. The Morgan fingerprint density at radius 3 is 2.59 bits per heavy atom. The second kappa shape index (κ2) is 9.95. The number of likely N-dealkylation sites (N-methyl/N-ethyl adjacent to an activating group) is 1. The molecule has 1 heterocycles. The Balaban J connectivity index is 1.42. The third kappa shape index (κ3) is 4.83. The minimum absolute atomic E-state index is 0.264. The summed E-state index contributed by atoms with van der Waals surface area (Å²) in [5.74, 6) is 0.615. The fourth-order valence-corrected chi connectivity index (χ4v) is 4.31. The molecule has 0 amide bonds. The van der Waals surface area contributed by atoms with Crippen molar-refractivity contribution in [3.8, 4) is 11.8 Å². The molecule has 0 aromatic heterocycles. The molecular formula is C27H27FN2O2. The molecular weight excluding hydrogens is 403 g/mol. The lowest BCUT2D eigenvalue weighted by atomic mass is 9.81. The summed E-state index contributed by atoms with van der Waals surface area (Å²) < 4.78 is 25.8. The predicted octanol–water partition coefficient (Wildman–Crippen LogP) is 5.26. The Labute approximate surface area is 188 Å². The van der Waals surface area contributed by atoms with Crippen LogP contribution in [-0.2, 0) is 16.9 Å². The van der Waals surface area contributed by atoms with Gasteiger partial charge >= 0.3 is 0 Å². The largest absolute Gasteiger partial charge is 0.492 e. The van der Waals surface area contributed by atoms with Crippen LogP contribution >= 0.6 is 0 Å². The summed E-state index contributed by atoms with van der Waals surface area (Å²) >= 11 is 0. The molecule has 0 N–H and O–H groups in total. The van der Waals surface area contributed by atoms with E-state index in [1.807, 2.05) is 48.5 Å². The third-order valence-electron chi connectivity index (χ3n) is 6.01. The molecule has 4 nitrogen and oxygen atoms in total. The number of nitriles is 1. The van der Waals surface area contributed by atoms with Crippen molar-refractivity contribution in [2.45, 2.75) is 25.0 Å². The maximum atomic E-state index is 13.6. The van der Waals surface area contributed by atoms with Gasteiger partial charge in [-0.2, -0.15) is 5.26 Å². The van der Waals surface area contributed by atoms with Crippen LogP contribution in [0.5, 0.6) is 5.75 Å². The number of benzene rings is 3. The Morgan fingerprint density at radius 2 is 1.84 bits per heavy atom. The van der Waals surface area contributed by atoms with Gasteiger partial charge in [0.05, 0.1) is 18.2 Å². The van der Waals surface area contributed by atoms with Crippen LogP contribution in [-0.4, -0.2) is 31.6 Å². The average Bonchev–Trinajstić information content (AvgIpc) is 3.19. The summed E-state index contributed by atoms with van der Waals surface area (Å²) in [6.45, 7) is 2.78. The molecule has 0 fully saturated rings. The van der Waals surface area contributed by atoms with Crippen molar-refractivity contribution in [1.29, 1.82) is 5.26 Å². The number of para-hydroxylation sites is 1. The summed E-state index contributed by atoms with van der Waals surface area (Å²) in [7, 11) is 2.08. The Hall–Kier alpha value is -3.20. The molecule has 0 saturated carbocycles. The number of rotatable bonds is 9. The van der Waals surface area contributed by atoms with Gasteiger partial charge in [0.25, 0.3) is 0 Å². The van der Waals surface area contributed by atoms with Crippen molar-refractivity contribution in [3.05, 3.63) is 101 Å². The van der Waals surface area contributed by atoms with Gasteiger partial charge in [-0.25, -0.2) is 4.39 Å². The van der Waals surface area contributed by atoms with Crippen LogP contribution in [0.15, 0.2) is 72.8 Å². The van der Waals surface area contributed by atoms with Crippen molar-refractivity contribution in [1.82, 2.24) is 4.90 Å². The first-order valence-electron chi connectivity index (χ1n) is 10.9. The molecule has 1 aliphatic heterocycles. The standard InChI is InChI=1S/C27H27FN2O2/c1-30(16-17-31-25-6-3-2-4-7-25)15-5-14-27(23-9-11-24(28)12-10-23)26-13-8-21(19-29)18-22(26)20-32-27/h2-4,6-13,18H,5,14-17,20H2,1H3. The molecule has 0 saturated heterocycles. The molecule has 3 aromatic carbocycles. The van der Waals surface area contributed by atoms with Crippen LogP contribution in [0.1, 0.15) is 35.1 Å². The SMILES string of the molecule is CN(CCCC1(c2ccc(F)cc2)OCc2cc(C#N)ccc21)CCOc1ccccc1. The number of hydrogen-bond acceptors (Lipinski definition) is 4. The molecule has 1 unspecified atom stereocenters. The zero-order chi connectivity index (χ0) is 22.4. The van der Waals surface area contributed by atoms with Crippen LogP contribution in [0.3, 0.4) is 0 Å². The first-order valence-corrected chi connectivity index (χ1v) is 10.9. The number of nitrogens with zero attached hydrogens (tertiary/aromatic N) is 2. The molecule has 164 valence electrons. The second-order valence-electron chi connectivity index (χ2n) is 8.17. The van der Waals surface area contributed by atoms with Gasteiger partial charge < -0.3 is 14.4 Å². The van der Waals surface area contributed by atoms with Crippen molar-refractivity contribution < 1.29 is 13.9 Å². The summed E-state index contributed by atoms with van der Waals surface area (Å²) in [6.07, 6.45) is 1.67. The molecule has 0 aliphatic carbocycles. The normalized spacial score (nSPS) is 17.2. The first-order chi connectivity index (χ1) is 15.6. The Morgan fingerprint density at radius 1 is 1.06 bits per heavy atom. The second-order valence-corrected chi connectivity index (χ2v) is 8.17. The van der Waals surface area contributed by atoms with Crippen molar-refractivity contribution >= 4 is 0 Å². The molecule has 0 spiro atoms. The van der Waals surface area contributed by atoms with E-state index >= 15 is 0 Å². The van der Waals surface area contributed by atoms with E-state index in [1.54, 1.807) is 12.1 Å². The smallest absolute Gasteiger partial charge is 0.123 e. The van der Waals surface area contributed by atoms with E-state index in [0.29, 0.717) is 18.8 Å². The van der Waals surface area contributed by atoms with Gasteiger partial charge in [0.15, 0.2) is 0 Å². The van der Waals surface area contributed by atoms with Gasteiger partial charge in [-0.1, -0.05) is 36.4 Å². The highest BCUT2D eigenvalue weighted by molar-refractivity contribution is 5.48. The number of fused-ring (bicyclic) bond motifs is 1. The number of ether oxygens (including phenoxy) is 2. The molecule has 5 heteroatoms. The molecule has 0 bridgehead atoms. The highest BCUT2D eigenvalue weighted by Crippen LogP contribution is 2.45. The van der Waals surface area contributed by atoms with Gasteiger partial charge in [0.2, 0.25) is 0 Å². The van der Waals surface area contributed by atoms with E-state index in [2.05, 4.69) is 18.0 Å². The monoisotopic (exact) mass is 430 g/mol. The van der Waals surface area contributed by atoms with Gasteiger partial charge in [0.1, 0.15) is 23.8 Å². The van der Waals surface area contributed by atoms with E-state index < -0.39 is 5.60 Å². The van der Waals surface area contributed by atoms with Crippen LogP contribution < -0.4 is 4.74 Å². The van der Waals surface area contributed by atoms with Crippen LogP contribution in [0, 0.1) is 17.1 Å². The molecule has 32 heavy (non-hydrogen) atoms. The molecule has 1 aliphatic rings. The average molecular weight is 431 g/mol. The Kier molecular flexibility index (Phi) is 6.84. The summed E-state index contributed by atoms with van der Waals surface area (Å²) in [6, 6.07) is 24.3. The summed E-state index contributed by atoms with van der Waals surface area (Å²) in [5.41, 5.74) is 3.03. The lowest BCUT2D eigenvalue weighted by Crippen LogP contribution is -2.30. The first kappa shape index (κ1) is 22.0. The van der Waals surface area contributed by atoms with Gasteiger partial charge in [-0.05, 0) is 79.5 Å². The van der Waals surface area contributed by atoms with Crippen LogP contribution in [0.2, 0.25) is 0 Å². The highest BCUT2D eigenvalue weighted by Gasteiger charge is 2.41. The molecule has 4 rings (SSSR count). The van der Waals surface area contributed by atoms with Crippen LogP contribution in [0.25, 0.3) is 0 Å². The van der Waals surface area contributed by atoms with E-state index in [0.717, 1.165) is 48.4 Å². The fourth-order valence-electron chi connectivity index (χ4n) is 4.31. The van der Waals surface area contributed by atoms with Gasteiger partial charge in [-0.15, -0.1) is 0 Å². The number of hydrogen-bond donors (Lipinski definition) is 0. The number of halogens is 1. The zero-order valence-electron chi connectivity index (χ0n) is 18.3. The minimum atomic E-state index is -0.627.